The zero-order valence-corrected chi connectivity index (χ0v) is 12.4. The summed E-state index contributed by atoms with van der Waals surface area (Å²) in [6.45, 7) is 8.22. The Hall–Kier alpha value is -2.35. The van der Waals surface area contributed by atoms with Gasteiger partial charge in [0.1, 0.15) is 0 Å². The third kappa shape index (κ3) is 2.17. The Morgan fingerprint density at radius 1 is 1.29 bits per heavy atom. The zero-order chi connectivity index (χ0) is 15.1. The van der Waals surface area contributed by atoms with Gasteiger partial charge in [0.05, 0.1) is 0 Å². The van der Waals surface area contributed by atoms with Crippen LogP contribution >= 0.6 is 0 Å². The summed E-state index contributed by atoms with van der Waals surface area (Å²) in [5, 5.41) is 0. The van der Waals surface area contributed by atoms with Crippen molar-refractivity contribution in [3.05, 3.63) is 69.8 Å². The van der Waals surface area contributed by atoms with Crippen molar-refractivity contribution in [2.45, 2.75) is 26.7 Å². The van der Waals surface area contributed by atoms with E-state index < -0.39 is 5.91 Å². The number of rotatable bonds is 2. The first-order chi connectivity index (χ1) is 9.99. The van der Waals surface area contributed by atoms with Crippen LogP contribution < -0.4 is 5.73 Å². The molecule has 0 fully saturated rings. The second-order valence-electron chi connectivity index (χ2n) is 5.80. The molecule has 0 saturated carbocycles. The number of nitrogens with one attached hydrogen (secondary N) is 1. The fourth-order valence-corrected chi connectivity index (χ4v) is 3.29. The first-order valence-corrected chi connectivity index (χ1v) is 7.14. The molecule has 3 rings (SSSR count). The van der Waals surface area contributed by atoms with E-state index in [0.717, 1.165) is 28.7 Å². The number of carbonyl (C=O) groups is 1. The number of hydrogen-bond acceptors (Lipinski definition) is 1. The van der Waals surface area contributed by atoms with Gasteiger partial charge in [0.2, 0.25) is 0 Å². The second kappa shape index (κ2) is 4.88. The maximum atomic E-state index is 11.5. The van der Waals surface area contributed by atoms with E-state index in [9.17, 15) is 4.79 Å². The van der Waals surface area contributed by atoms with Gasteiger partial charge in [-0.05, 0) is 60.1 Å². The molecule has 2 aliphatic rings. The minimum atomic E-state index is -0.614. The Kier molecular flexibility index (Phi) is 3.17. The Morgan fingerprint density at radius 2 is 2.05 bits per heavy atom. The van der Waals surface area contributed by atoms with E-state index in [1.54, 1.807) is 0 Å². The van der Waals surface area contributed by atoms with Crippen LogP contribution in [0.2, 0.25) is 0 Å². The minimum Gasteiger partial charge on any atom is -0.267 e. The lowest BCUT2D eigenvalue weighted by Gasteiger charge is -2.22. The highest BCUT2D eigenvalue weighted by atomic mass is 16.1. The van der Waals surface area contributed by atoms with E-state index in [-0.39, 0.29) is 0 Å². The zero-order valence-electron chi connectivity index (χ0n) is 12.4. The molecule has 0 aliphatic heterocycles. The highest BCUT2D eigenvalue weighted by molar-refractivity contribution is 6.02. The van der Waals surface area contributed by atoms with Gasteiger partial charge in [0.25, 0.3) is 5.91 Å². The van der Waals surface area contributed by atoms with Crippen LogP contribution in [0.5, 0.6) is 0 Å². The fraction of sp³-hybridized carbons (Fsp3) is 0.211. The van der Waals surface area contributed by atoms with Gasteiger partial charge in [-0.2, -0.15) is 0 Å². The first-order valence-electron chi connectivity index (χ1n) is 7.14. The molecule has 0 heterocycles. The Balaban J connectivity index is 2.23. The van der Waals surface area contributed by atoms with Crippen molar-refractivity contribution in [3.8, 4) is 0 Å². The van der Waals surface area contributed by atoms with Gasteiger partial charge >= 0.3 is 0 Å². The molecule has 0 aromatic heterocycles. The molecule has 1 amide bonds. The van der Waals surface area contributed by atoms with Crippen molar-refractivity contribution in [1.82, 2.24) is 5.73 Å². The molecule has 1 N–H and O–H groups in total. The molecule has 1 radical (unpaired) electrons. The number of allylic oxidation sites excluding steroid dienone is 4. The summed E-state index contributed by atoms with van der Waals surface area (Å²) in [4.78, 5) is 11.5. The molecule has 0 bridgehead atoms. The standard InChI is InChI=1S/C19H18NO/c1-11-9-14-5-4-6-16(17(14)10-11)18-12(2)7-8-15(13(18)3)19(20)21/h4-6,8,10,20H,2,7,9H2,1,3H3. The molecular formula is C19H18NO. The van der Waals surface area contributed by atoms with E-state index in [1.807, 2.05) is 13.0 Å². The predicted molar refractivity (Wildman–Crippen MR) is 86.3 cm³/mol. The van der Waals surface area contributed by atoms with E-state index in [1.165, 1.54) is 16.7 Å². The predicted octanol–water partition coefficient (Wildman–Crippen LogP) is 4.12. The third-order valence-electron chi connectivity index (χ3n) is 4.26. The van der Waals surface area contributed by atoms with Crippen molar-refractivity contribution in [2.24, 2.45) is 0 Å². The van der Waals surface area contributed by atoms with E-state index in [4.69, 9.17) is 5.73 Å². The number of benzene rings is 1. The maximum absolute atomic E-state index is 11.5. The lowest BCUT2D eigenvalue weighted by atomic mass is 9.82. The number of amides is 1. The topological polar surface area (TPSA) is 40.9 Å². The summed E-state index contributed by atoms with van der Waals surface area (Å²) in [7, 11) is 0. The van der Waals surface area contributed by atoms with Crippen molar-refractivity contribution in [3.63, 3.8) is 0 Å². The monoisotopic (exact) mass is 276 g/mol. The molecule has 0 spiro atoms. The van der Waals surface area contributed by atoms with Crippen molar-refractivity contribution >= 4 is 17.6 Å². The second-order valence-corrected chi connectivity index (χ2v) is 5.80. The molecule has 0 saturated heterocycles. The molecule has 21 heavy (non-hydrogen) atoms. The van der Waals surface area contributed by atoms with Crippen molar-refractivity contribution in [2.75, 3.05) is 0 Å². The molecule has 105 valence electrons. The van der Waals surface area contributed by atoms with Crippen molar-refractivity contribution < 1.29 is 4.79 Å². The van der Waals surface area contributed by atoms with Crippen LogP contribution in [0.4, 0.5) is 0 Å². The number of fused-ring (bicyclic) bond motifs is 1. The molecule has 1 aromatic rings. The average Bonchev–Trinajstić information content (AvgIpc) is 2.79. The third-order valence-corrected chi connectivity index (χ3v) is 4.26. The van der Waals surface area contributed by atoms with Gasteiger partial charge in [-0.1, -0.05) is 42.5 Å². The normalized spacial score (nSPS) is 17.5. The quantitative estimate of drug-likeness (QED) is 0.801. The maximum Gasteiger partial charge on any atom is 0.269 e. The van der Waals surface area contributed by atoms with Gasteiger partial charge < -0.3 is 0 Å². The SMILES string of the molecule is C=C1CC=C(C([NH])=O)C(C)=C1c1cccc2c1C=C(C)C2. The summed E-state index contributed by atoms with van der Waals surface area (Å²) >= 11 is 0. The summed E-state index contributed by atoms with van der Waals surface area (Å²) < 4.78 is 0. The van der Waals surface area contributed by atoms with E-state index in [0.29, 0.717) is 12.0 Å². The van der Waals surface area contributed by atoms with Gasteiger partial charge in [-0.3, -0.25) is 10.5 Å². The number of carbonyl (C=O) groups excluding carboxylic acids is 1. The number of hydrogen-bond donors (Lipinski definition) is 0. The largest absolute Gasteiger partial charge is 0.269 e. The van der Waals surface area contributed by atoms with Crippen molar-refractivity contribution in [1.29, 1.82) is 0 Å². The van der Waals surface area contributed by atoms with Crippen LogP contribution in [0.15, 0.2) is 53.1 Å². The van der Waals surface area contributed by atoms with Crippen LogP contribution in [-0.4, -0.2) is 5.91 Å². The Labute approximate surface area is 125 Å². The van der Waals surface area contributed by atoms with Crippen LogP contribution in [0.1, 0.15) is 37.0 Å². The summed E-state index contributed by atoms with van der Waals surface area (Å²) in [6.07, 6.45) is 5.67. The van der Waals surface area contributed by atoms with Gasteiger partial charge in [-0.15, -0.1) is 0 Å². The molecule has 2 heteroatoms. The van der Waals surface area contributed by atoms with Crippen LogP contribution in [0.3, 0.4) is 0 Å². The minimum absolute atomic E-state index is 0.508. The summed E-state index contributed by atoms with van der Waals surface area (Å²) in [5.41, 5.74) is 15.9. The lowest BCUT2D eigenvalue weighted by molar-refractivity contribution is -0.114. The van der Waals surface area contributed by atoms with Gasteiger partial charge in [0, 0.05) is 5.57 Å². The Bertz CT molecular complexity index is 760. The van der Waals surface area contributed by atoms with E-state index >= 15 is 0 Å². The molecular weight excluding hydrogens is 258 g/mol. The fourth-order valence-electron chi connectivity index (χ4n) is 3.29. The van der Waals surface area contributed by atoms with Gasteiger partial charge in [0.15, 0.2) is 0 Å². The highest BCUT2D eigenvalue weighted by Gasteiger charge is 2.23. The molecule has 2 aliphatic carbocycles. The van der Waals surface area contributed by atoms with E-state index in [2.05, 4.69) is 37.8 Å². The molecule has 0 unspecified atom stereocenters. The first kappa shape index (κ1) is 13.6. The molecule has 2 nitrogen and oxygen atoms in total. The molecule has 1 aromatic carbocycles. The molecule has 0 atom stereocenters. The lowest BCUT2D eigenvalue weighted by Crippen LogP contribution is -2.10. The Morgan fingerprint density at radius 3 is 2.76 bits per heavy atom. The van der Waals surface area contributed by atoms with Crippen LogP contribution in [-0.2, 0) is 11.2 Å². The average molecular weight is 276 g/mol. The summed E-state index contributed by atoms with van der Waals surface area (Å²) in [6, 6.07) is 6.31. The summed E-state index contributed by atoms with van der Waals surface area (Å²) in [5.74, 6) is -0.614. The van der Waals surface area contributed by atoms with Crippen LogP contribution in [0.25, 0.3) is 11.6 Å². The van der Waals surface area contributed by atoms with Gasteiger partial charge in [-0.25, -0.2) is 0 Å². The highest BCUT2D eigenvalue weighted by Crippen LogP contribution is 2.40. The van der Waals surface area contributed by atoms with Crippen LogP contribution in [0, 0.1) is 0 Å². The smallest absolute Gasteiger partial charge is 0.267 e.